The van der Waals surface area contributed by atoms with Crippen molar-refractivity contribution in [2.24, 2.45) is 0 Å². The molecule has 0 radical (unpaired) electrons. The summed E-state index contributed by atoms with van der Waals surface area (Å²) in [6, 6.07) is 56.7. The molecule has 0 bridgehead atoms. The van der Waals surface area contributed by atoms with E-state index < -0.39 is 5.41 Å². The molecule has 0 saturated heterocycles. The number of hydrogen-bond acceptors (Lipinski definition) is 2. The van der Waals surface area contributed by atoms with Crippen molar-refractivity contribution in [2.45, 2.75) is 5.41 Å². The molecule has 0 unspecified atom stereocenters. The predicted octanol–water partition coefficient (Wildman–Crippen LogP) is 10.8. The molecule has 7 aromatic carbocycles. The Balaban J connectivity index is 1.21. The second kappa shape index (κ2) is 9.20. The van der Waals surface area contributed by atoms with Gasteiger partial charge in [0.25, 0.3) is 0 Å². The van der Waals surface area contributed by atoms with Gasteiger partial charge in [-0.1, -0.05) is 121 Å². The van der Waals surface area contributed by atoms with Crippen molar-refractivity contribution >= 4 is 44.1 Å². The summed E-state index contributed by atoms with van der Waals surface area (Å²) in [6.07, 6.45) is 0. The van der Waals surface area contributed by atoms with Crippen LogP contribution in [0.1, 0.15) is 22.3 Å². The molecule has 2 nitrogen and oxygen atoms in total. The maximum atomic E-state index is 6.36. The summed E-state index contributed by atoms with van der Waals surface area (Å²) in [7, 11) is 0. The molecule has 0 saturated carbocycles. The van der Waals surface area contributed by atoms with Crippen LogP contribution in [0.25, 0.3) is 43.8 Å². The lowest BCUT2D eigenvalue weighted by molar-refractivity contribution is 0.672. The highest BCUT2D eigenvalue weighted by Crippen LogP contribution is 2.56. The Morgan fingerprint density at radius 3 is 1.91 bits per heavy atom. The van der Waals surface area contributed by atoms with Crippen LogP contribution in [0.2, 0.25) is 0 Å². The average Bonchev–Trinajstić information content (AvgIpc) is 3.59. The number of nitrogens with one attached hydrogen (secondary N) is 1. The summed E-state index contributed by atoms with van der Waals surface area (Å²) < 4.78 is 6.36. The Bertz CT molecular complexity index is 2280. The van der Waals surface area contributed by atoms with Crippen molar-refractivity contribution in [1.82, 2.24) is 0 Å². The van der Waals surface area contributed by atoms with Gasteiger partial charge < -0.3 is 9.73 Å². The van der Waals surface area contributed by atoms with Crippen LogP contribution in [0.5, 0.6) is 0 Å². The maximum Gasteiger partial charge on any atom is 0.143 e. The van der Waals surface area contributed by atoms with Crippen molar-refractivity contribution < 1.29 is 4.42 Å². The SMILES string of the molecule is c1ccc(C2(c3ccccc3)c3ccccc3-c3ccc(Nc4ccc5oc6c7ccccc7ccc6c5c4)cc32)cc1. The van der Waals surface area contributed by atoms with E-state index in [1.165, 1.54) is 38.8 Å². The predicted molar refractivity (Wildman–Crippen MR) is 178 cm³/mol. The third-order valence-electron chi connectivity index (χ3n) is 9.11. The third kappa shape index (κ3) is 3.47. The van der Waals surface area contributed by atoms with Gasteiger partial charge in [0.15, 0.2) is 0 Å². The van der Waals surface area contributed by atoms with Crippen molar-refractivity contribution in [3.8, 4) is 11.1 Å². The van der Waals surface area contributed by atoms with Gasteiger partial charge in [0.2, 0.25) is 0 Å². The summed E-state index contributed by atoms with van der Waals surface area (Å²) in [6.45, 7) is 0. The van der Waals surface area contributed by atoms with E-state index in [2.05, 4.69) is 163 Å². The van der Waals surface area contributed by atoms with E-state index in [0.717, 1.165) is 38.7 Å². The molecule has 0 fully saturated rings. The van der Waals surface area contributed by atoms with Gasteiger partial charge in [0, 0.05) is 27.5 Å². The van der Waals surface area contributed by atoms with Crippen LogP contribution in [0, 0.1) is 0 Å². The molecule has 1 aliphatic rings. The van der Waals surface area contributed by atoms with E-state index in [-0.39, 0.29) is 0 Å². The molecule has 1 heterocycles. The van der Waals surface area contributed by atoms with E-state index in [9.17, 15) is 0 Å². The molecule has 1 aromatic heterocycles. The molecular formula is C41H27NO. The fourth-order valence-corrected chi connectivity index (χ4v) is 7.27. The Labute approximate surface area is 249 Å². The standard InChI is InChI=1S/C41H27NO/c1-3-12-28(13-4-1)41(29-14-5-2-6-15-29)37-18-10-9-17-33(37)34-23-20-31(26-38(34)41)42-30-21-24-39-36(25-30)35-22-19-27-11-7-8-16-32(27)40(35)43-39/h1-26,42H. The summed E-state index contributed by atoms with van der Waals surface area (Å²) in [5.74, 6) is 0. The first kappa shape index (κ1) is 24.0. The van der Waals surface area contributed by atoms with Gasteiger partial charge in [0.05, 0.1) is 5.41 Å². The smallest absolute Gasteiger partial charge is 0.143 e. The molecule has 8 aromatic rings. The van der Waals surface area contributed by atoms with Gasteiger partial charge in [-0.15, -0.1) is 0 Å². The first-order chi connectivity index (χ1) is 21.3. The lowest BCUT2D eigenvalue weighted by Crippen LogP contribution is -2.28. The van der Waals surface area contributed by atoms with Gasteiger partial charge in [-0.25, -0.2) is 0 Å². The van der Waals surface area contributed by atoms with E-state index in [0.29, 0.717) is 0 Å². The zero-order valence-corrected chi connectivity index (χ0v) is 23.4. The van der Waals surface area contributed by atoms with Crippen LogP contribution in [0.15, 0.2) is 162 Å². The van der Waals surface area contributed by atoms with E-state index in [1.807, 2.05) is 0 Å². The average molecular weight is 550 g/mol. The van der Waals surface area contributed by atoms with Crippen LogP contribution in [-0.2, 0) is 5.41 Å². The largest absolute Gasteiger partial charge is 0.455 e. The topological polar surface area (TPSA) is 25.2 Å². The summed E-state index contributed by atoms with van der Waals surface area (Å²) in [5, 5.41) is 8.32. The van der Waals surface area contributed by atoms with E-state index >= 15 is 0 Å². The molecule has 43 heavy (non-hydrogen) atoms. The maximum absolute atomic E-state index is 6.36. The lowest BCUT2D eigenvalue weighted by Gasteiger charge is -2.34. The third-order valence-corrected chi connectivity index (χ3v) is 9.11. The van der Waals surface area contributed by atoms with Crippen LogP contribution in [0.4, 0.5) is 11.4 Å². The number of fused-ring (bicyclic) bond motifs is 8. The molecule has 202 valence electrons. The highest BCUT2D eigenvalue weighted by molar-refractivity contribution is 6.15. The fourth-order valence-electron chi connectivity index (χ4n) is 7.27. The normalized spacial score (nSPS) is 13.3. The van der Waals surface area contributed by atoms with Crippen molar-refractivity contribution in [3.63, 3.8) is 0 Å². The zero-order valence-electron chi connectivity index (χ0n) is 23.4. The molecular weight excluding hydrogens is 522 g/mol. The van der Waals surface area contributed by atoms with Crippen molar-refractivity contribution in [1.29, 1.82) is 0 Å². The minimum absolute atomic E-state index is 0.419. The minimum Gasteiger partial charge on any atom is -0.455 e. The molecule has 0 spiro atoms. The number of rotatable bonds is 4. The highest BCUT2D eigenvalue weighted by Gasteiger charge is 2.46. The van der Waals surface area contributed by atoms with Gasteiger partial charge in [-0.3, -0.25) is 0 Å². The Kier molecular flexibility index (Phi) is 5.15. The number of furan rings is 1. The minimum atomic E-state index is -0.419. The zero-order chi connectivity index (χ0) is 28.4. The van der Waals surface area contributed by atoms with Crippen LogP contribution in [-0.4, -0.2) is 0 Å². The van der Waals surface area contributed by atoms with Gasteiger partial charge in [0.1, 0.15) is 11.2 Å². The van der Waals surface area contributed by atoms with E-state index in [4.69, 9.17) is 4.42 Å². The molecule has 1 aliphatic carbocycles. The lowest BCUT2D eigenvalue weighted by atomic mass is 9.67. The van der Waals surface area contributed by atoms with Gasteiger partial charge in [-0.05, 0) is 75.2 Å². The number of benzene rings is 7. The van der Waals surface area contributed by atoms with Crippen LogP contribution >= 0.6 is 0 Å². The summed E-state index contributed by atoms with van der Waals surface area (Å²) in [4.78, 5) is 0. The first-order valence-corrected chi connectivity index (χ1v) is 14.8. The van der Waals surface area contributed by atoms with Gasteiger partial charge in [-0.2, -0.15) is 0 Å². The Hall–Kier alpha value is -5.60. The van der Waals surface area contributed by atoms with E-state index in [1.54, 1.807) is 0 Å². The fraction of sp³-hybridized carbons (Fsp3) is 0.0244. The summed E-state index contributed by atoms with van der Waals surface area (Å²) in [5.41, 5.74) is 11.2. The Morgan fingerprint density at radius 1 is 0.442 bits per heavy atom. The highest BCUT2D eigenvalue weighted by atomic mass is 16.3. The monoisotopic (exact) mass is 549 g/mol. The molecule has 0 aliphatic heterocycles. The summed E-state index contributed by atoms with van der Waals surface area (Å²) >= 11 is 0. The number of hydrogen-bond donors (Lipinski definition) is 1. The molecule has 1 N–H and O–H groups in total. The second-order valence-electron chi connectivity index (χ2n) is 11.4. The molecule has 9 rings (SSSR count). The Morgan fingerprint density at radius 2 is 1.09 bits per heavy atom. The van der Waals surface area contributed by atoms with Crippen molar-refractivity contribution in [3.05, 3.63) is 180 Å². The molecule has 2 heteroatoms. The van der Waals surface area contributed by atoms with Crippen molar-refractivity contribution in [2.75, 3.05) is 5.32 Å². The van der Waals surface area contributed by atoms with Crippen LogP contribution < -0.4 is 5.32 Å². The van der Waals surface area contributed by atoms with Gasteiger partial charge >= 0.3 is 0 Å². The number of anilines is 2. The molecule has 0 atom stereocenters. The quantitative estimate of drug-likeness (QED) is 0.236. The first-order valence-electron chi connectivity index (χ1n) is 14.8. The second-order valence-corrected chi connectivity index (χ2v) is 11.4. The van der Waals surface area contributed by atoms with Crippen LogP contribution in [0.3, 0.4) is 0 Å². The molecule has 0 amide bonds.